The van der Waals surface area contributed by atoms with E-state index in [1.807, 2.05) is 0 Å². The van der Waals surface area contributed by atoms with E-state index >= 15 is 0 Å². The van der Waals surface area contributed by atoms with Crippen molar-refractivity contribution >= 4 is 11.9 Å². The first kappa shape index (κ1) is 15.9. The molecule has 0 atom stereocenters. The highest BCUT2D eigenvalue weighted by Gasteiger charge is 2.35. The molecule has 3 rings (SSSR count). The van der Waals surface area contributed by atoms with Gasteiger partial charge in [0.05, 0.1) is 0 Å². The summed E-state index contributed by atoms with van der Waals surface area (Å²) in [7, 11) is 0. The number of carboxylic acids is 1. The van der Waals surface area contributed by atoms with Crippen LogP contribution in [0.25, 0.3) is 5.69 Å². The minimum absolute atomic E-state index is 0.0756. The normalized spacial score (nSPS) is 13.5. The molecule has 0 bridgehead atoms. The lowest BCUT2D eigenvalue weighted by Crippen LogP contribution is -2.39. The van der Waals surface area contributed by atoms with Crippen molar-refractivity contribution in [3.05, 3.63) is 58.3 Å². The summed E-state index contributed by atoms with van der Waals surface area (Å²) in [5.41, 5.74) is -0.771. The molecule has 8 heteroatoms. The second-order valence-corrected chi connectivity index (χ2v) is 5.48. The molecule has 0 saturated heterocycles. The minimum atomic E-state index is -1.13. The van der Waals surface area contributed by atoms with E-state index in [2.05, 4.69) is 5.10 Å². The van der Waals surface area contributed by atoms with Crippen LogP contribution in [0.4, 0.5) is 4.39 Å². The van der Waals surface area contributed by atoms with Gasteiger partial charge in [-0.2, -0.15) is 9.78 Å². The SMILES string of the molecule is O=C(O)CN(C(=O)c1ccc(=O)n(-c2ccccc2F)n1)C1CC1. The monoisotopic (exact) mass is 331 g/mol. The quantitative estimate of drug-likeness (QED) is 0.884. The molecule has 0 unspecified atom stereocenters. The van der Waals surface area contributed by atoms with E-state index in [9.17, 15) is 18.8 Å². The van der Waals surface area contributed by atoms with Crippen molar-refractivity contribution in [2.75, 3.05) is 6.54 Å². The van der Waals surface area contributed by atoms with Gasteiger partial charge in [0.15, 0.2) is 0 Å². The molecular formula is C16H14FN3O4. The number of para-hydroxylation sites is 1. The molecule has 24 heavy (non-hydrogen) atoms. The summed E-state index contributed by atoms with van der Waals surface area (Å²) in [5, 5.41) is 12.9. The molecule has 1 heterocycles. The Labute approximate surface area is 135 Å². The Morgan fingerprint density at radius 3 is 2.58 bits per heavy atom. The molecule has 2 aromatic rings. The summed E-state index contributed by atoms with van der Waals surface area (Å²) >= 11 is 0. The largest absolute Gasteiger partial charge is 0.480 e. The molecule has 1 aromatic carbocycles. The Morgan fingerprint density at radius 1 is 1.25 bits per heavy atom. The van der Waals surface area contributed by atoms with E-state index in [0.717, 1.165) is 23.6 Å². The van der Waals surface area contributed by atoms with Gasteiger partial charge in [-0.05, 0) is 31.0 Å². The number of benzene rings is 1. The number of aromatic nitrogens is 2. The van der Waals surface area contributed by atoms with Crippen LogP contribution >= 0.6 is 0 Å². The fraction of sp³-hybridized carbons (Fsp3) is 0.250. The third-order valence-corrected chi connectivity index (χ3v) is 3.65. The molecule has 0 radical (unpaired) electrons. The molecule has 1 saturated carbocycles. The minimum Gasteiger partial charge on any atom is -0.480 e. The van der Waals surface area contributed by atoms with Crippen molar-refractivity contribution in [3.63, 3.8) is 0 Å². The summed E-state index contributed by atoms with van der Waals surface area (Å²) < 4.78 is 14.7. The van der Waals surface area contributed by atoms with Crippen LogP contribution in [0, 0.1) is 5.82 Å². The van der Waals surface area contributed by atoms with Crippen LogP contribution in [0.5, 0.6) is 0 Å². The zero-order chi connectivity index (χ0) is 17.3. The van der Waals surface area contributed by atoms with Crippen molar-refractivity contribution in [2.24, 2.45) is 0 Å². The lowest BCUT2D eigenvalue weighted by atomic mass is 10.3. The van der Waals surface area contributed by atoms with E-state index in [1.165, 1.54) is 29.2 Å². The average Bonchev–Trinajstić information content (AvgIpc) is 3.38. The van der Waals surface area contributed by atoms with Gasteiger partial charge < -0.3 is 10.0 Å². The van der Waals surface area contributed by atoms with Gasteiger partial charge in [-0.25, -0.2) is 4.39 Å². The number of carbonyl (C=O) groups excluding carboxylic acids is 1. The van der Waals surface area contributed by atoms with E-state index in [0.29, 0.717) is 0 Å². The van der Waals surface area contributed by atoms with Gasteiger partial charge in [0.2, 0.25) is 0 Å². The van der Waals surface area contributed by atoms with Gasteiger partial charge in [0.25, 0.3) is 11.5 Å². The number of aliphatic carboxylic acids is 1. The molecule has 0 aliphatic heterocycles. The molecule has 1 aromatic heterocycles. The Kier molecular flexibility index (Phi) is 4.11. The number of hydrogen-bond acceptors (Lipinski definition) is 4. The molecule has 1 fully saturated rings. The molecule has 7 nitrogen and oxygen atoms in total. The number of rotatable bonds is 5. The first-order chi connectivity index (χ1) is 11.5. The van der Waals surface area contributed by atoms with Crippen molar-refractivity contribution in [1.29, 1.82) is 0 Å². The Hall–Kier alpha value is -3.03. The van der Waals surface area contributed by atoms with Crippen LogP contribution in [0.15, 0.2) is 41.2 Å². The van der Waals surface area contributed by atoms with Gasteiger partial charge in [0, 0.05) is 12.1 Å². The lowest BCUT2D eigenvalue weighted by Gasteiger charge is -2.19. The van der Waals surface area contributed by atoms with Crippen molar-refractivity contribution < 1.29 is 19.1 Å². The van der Waals surface area contributed by atoms with Crippen LogP contribution in [-0.4, -0.2) is 44.3 Å². The Morgan fingerprint density at radius 2 is 1.96 bits per heavy atom. The summed E-state index contributed by atoms with van der Waals surface area (Å²) in [6.07, 6.45) is 1.46. The van der Waals surface area contributed by atoms with E-state index < -0.39 is 29.8 Å². The topological polar surface area (TPSA) is 92.5 Å². The van der Waals surface area contributed by atoms with Crippen LogP contribution in [-0.2, 0) is 4.79 Å². The first-order valence-electron chi connectivity index (χ1n) is 7.35. The van der Waals surface area contributed by atoms with Crippen molar-refractivity contribution in [3.8, 4) is 5.69 Å². The molecule has 124 valence electrons. The lowest BCUT2D eigenvalue weighted by molar-refractivity contribution is -0.137. The second-order valence-electron chi connectivity index (χ2n) is 5.48. The van der Waals surface area contributed by atoms with E-state index in [-0.39, 0.29) is 17.4 Å². The number of hydrogen-bond donors (Lipinski definition) is 1. The van der Waals surface area contributed by atoms with Gasteiger partial charge >= 0.3 is 5.97 Å². The molecule has 1 N–H and O–H groups in total. The maximum Gasteiger partial charge on any atom is 0.323 e. The van der Waals surface area contributed by atoms with Gasteiger partial charge in [-0.1, -0.05) is 12.1 Å². The van der Waals surface area contributed by atoms with Crippen LogP contribution < -0.4 is 5.56 Å². The fourth-order valence-electron chi connectivity index (χ4n) is 2.37. The van der Waals surface area contributed by atoms with E-state index in [1.54, 1.807) is 6.07 Å². The predicted octanol–water partition coefficient (Wildman–Crippen LogP) is 1.06. The third kappa shape index (κ3) is 3.17. The number of carbonyl (C=O) groups is 2. The van der Waals surface area contributed by atoms with Crippen molar-refractivity contribution in [2.45, 2.75) is 18.9 Å². The zero-order valence-electron chi connectivity index (χ0n) is 12.6. The molecular weight excluding hydrogens is 317 g/mol. The average molecular weight is 331 g/mol. The zero-order valence-corrected chi connectivity index (χ0v) is 12.6. The molecule has 0 spiro atoms. The number of nitrogens with zero attached hydrogens (tertiary/aromatic N) is 3. The van der Waals surface area contributed by atoms with Crippen LogP contribution in [0.3, 0.4) is 0 Å². The smallest absolute Gasteiger partial charge is 0.323 e. The highest BCUT2D eigenvalue weighted by atomic mass is 19.1. The third-order valence-electron chi connectivity index (χ3n) is 3.65. The number of amides is 1. The van der Waals surface area contributed by atoms with Gasteiger partial charge in [-0.15, -0.1) is 0 Å². The van der Waals surface area contributed by atoms with Crippen LogP contribution in [0.1, 0.15) is 23.3 Å². The fourth-order valence-corrected chi connectivity index (χ4v) is 2.37. The molecule has 1 amide bonds. The first-order valence-corrected chi connectivity index (χ1v) is 7.35. The summed E-state index contributed by atoms with van der Waals surface area (Å²) in [6, 6.07) is 7.76. The second kappa shape index (κ2) is 6.23. The van der Waals surface area contributed by atoms with Gasteiger partial charge in [0.1, 0.15) is 23.7 Å². The maximum absolute atomic E-state index is 13.9. The van der Waals surface area contributed by atoms with Gasteiger partial charge in [-0.3, -0.25) is 14.4 Å². The summed E-state index contributed by atoms with van der Waals surface area (Å²) in [6.45, 7) is -0.440. The van der Waals surface area contributed by atoms with Crippen LogP contribution in [0.2, 0.25) is 0 Å². The maximum atomic E-state index is 13.9. The number of carboxylic acid groups (broad SMARTS) is 1. The highest BCUT2D eigenvalue weighted by molar-refractivity contribution is 5.94. The molecule has 1 aliphatic rings. The summed E-state index contributed by atoms with van der Waals surface area (Å²) in [5.74, 6) is -2.37. The van der Waals surface area contributed by atoms with E-state index in [4.69, 9.17) is 5.11 Å². The summed E-state index contributed by atoms with van der Waals surface area (Å²) in [4.78, 5) is 36.6. The Balaban J connectivity index is 1.99. The Bertz CT molecular complexity index is 860. The molecule has 1 aliphatic carbocycles. The highest BCUT2D eigenvalue weighted by Crippen LogP contribution is 2.27. The predicted molar refractivity (Wildman–Crippen MR) is 81.5 cm³/mol. The number of halogens is 1. The standard InChI is InChI=1S/C16H14FN3O4/c17-11-3-1-2-4-13(11)20-14(21)8-7-12(18-20)16(24)19(9-15(22)23)10-5-6-10/h1-4,7-8,10H,5-6,9H2,(H,22,23). The van der Waals surface area contributed by atoms with Crippen molar-refractivity contribution in [1.82, 2.24) is 14.7 Å².